The molecule has 1 N–H and O–H groups in total. The smallest absolute Gasteiger partial charge is 0.134 e. The van der Waals surface area contributed by atoms with E-state index in [1.54, 1.807) is 0 Å². The van der Waals surface area contributed by atoms with Gasteiger partial charge in [-0.2, -0.15) is 0 Å². The first-order chi connectivity index (χ1) is 9.63. The van der Waals surface area contributed by atoms with Crippen LogP contribution in [0, 0.1) is 6.92 Å². The van der Waals surface area contributed by atoms with Crippen molar-refractivity contribution in [2.45, 2.75) is 32.9 Å². The van der Waals surface area contributed by atoms with E-state index >= 15 is 0 Å². The van der Waals surface area contributed by atoms with E-state index in [2.05, 4.69) is 31.3 Å². The standard InChI is InChI=1S/C17H19NO2/c1-11-8-9-15(19-11)12(2)18-13(3)17-10-14-6-4-5-7-16(14)20-17/h4-10,12-13,18H,1-3H3. The highest BCUT2D eigenvalue weighted by Gasteiger charge is 2.16. The normalized spacial score (nSPS) is 14.6. The van der Waals surface area contributed by atoms with Crippen LogP contribution >= 0.6 is 0 Å². The van der Waals surface area contributed by atoms with Crippen molar-refractivity contribution in [1.29, 1.82) is 0 Å². The molecule has 3 nitrogen and oxygen atoms in total. The summed E-state index contributed by atoms with van der Waals surface area (Å²) in [4.78, 5) is 0. The van der Waals surface area contributed by atoms with Gasteiger partial charge in [-0.15, -0.1) is 0 Å². The highest BCUT2D eigenvalue weighted by molar-refractivity contribution is 5.77. The Kier molecular flexibility index (Phi) is 3.36. The topological polar surface area (TPSA) is 38.3 Å². The number of hydrogen-bond acceptors (Lipinski definition) is 3. The molecule has 20 heavy (non-hydrogen) atoms. The van der Waals surface area contributed by atoms with Gasteiger partial charge >= 0.3 is 0 Å². The molecule has 0 bridgehead atoms. The molecule has 104 valence electrons. The minimum absolute atomic E-state index is 0.128. The molecule has 0 fully saturated rings. The van der Waals surface area contributed by atoms with Crippen LogP contribution in [0.15, 0.2) is 51.3 Å². The maximum Gasteiger partial charge on any atom is 0.134 e. The molecule has 2 atom stereocenters. The molecular weight excluding hydrogens is 250 g/mol. The van der Waals surface area contributed by atoms with Gasteiger partial charge in [0.25, 0.3) is 0 Å². The van der Waals surface area contributed by atoms with Crippen LogP contribution in [0.3, 0.4) is 0 Å². The molecule has 2 aromatic heterocycles. The Morgan fingerprint density at radius 1 is 0.900 bits per heavy atom. The molecule has 3 heteroatoms. The summed E-state index contributed by atoms with van der Waals surface area (Å²) in [6.07, 6.45) is 0. The number of furan rings is 2. The third-order valence-corrected chi connectivity index (χ3v) is 3.56. The van der Waals surface area contributed by atoms with Gasteiger partial charge in [0.1, 0.15) is 22.9 Å². The van der Waals surface area contributed by atoms with Crippen molar-refractivity contribution in [1.82, 2.24) is 5.32 Å². The zero-order valence-electron chi connectivity index (χ0n) is 12.0. The average molecular weight is 269 g/mol. The van der Waals surface area contributed by atoms with E-state index in [-0.39, 0.29) is 12.1 Å². The lowest BCUT2D eigenvalue weighted by Crippen LogP contribution is -2.21. The SMILES string of the molecule is Cc1ccc(C(C)NC(C)c2cc3ccccc3o2)o1. The summed E-state index contributed by atoms with van der Waals surface area (Å²) in [7, 11) is 0. The minimum Gasteiger partial charge on any atom is -0.465 e. The third kappa shape index (κ3) is 2.49. The Balaban J connectivity index is 1.76. The molecule has 3 aromatic rings. The highest BCUT2D eigenvalue weighted by atomic mass is 16.3. The molecule has 3 rings (SSSR count). The van der Waals surface area contributed by atoms with E-state index in [9.17, 15) is 0 Å². The molecule has 2 heterocycles. The van der Waals surface area contributed by atoms with Gasteiger partial charge in [-0.3, -0.25) is 5.32 Å². The van der Waals surface area contributed by atoms with E-state index in [1.165, 1.54) is 0 Å². The fourth-order valence-electron chi connectivity index (χ4n) is 2.44. The van der Waals surface area contributed by atoms with Gasteiger partial charge in [-0.25, -0.2) is 0 Å². The van der Waals surface area contributed by atoms with Crippen LogP contribution in [0.4, 0.5) is 0 Å². The van der Waals surface area contributed by atoms with Crippen LogP contribution in [0.2, 0.25) is 0 Å². The van der Waals surface area contributed by atoms with Crippen molar-refractivity contribution in [2.75, 3.05) is 0 Å². The van der Waals surface area contributed by atoms with Gasteiger partial charge in [0.05, 0.1) is 12.1 Å². The van der Waals surface area contributed by atoms with Crippen LogP contribution in [0.25, 0.3) is 11.0 Å². The van der Waals surface area contributed by atoms with E-state index < -0.39 is 0 Å². The first kappa shape index (κ1) is 13.0. The Morgan fingerprint density at radius 3 is 2.35 bits per heavy atom. The van der Waals surface area contributed by atoms with Gasteiger partial charge in [0.15, 0.2) is 0 Å². The lowest BCUT2D eigenvalue weighted by Gasteiger charge is -2.16. The zero-order valence-corrected chi connectivity index (χ0v) is 12.0. The Hall–Kier alpha value is -2.00. The number of rotatable bonds is 4. The van der Waals surface area contributed by atoms with Crippen molar-refractivity contribution < 1.29 is 8.83 Å². The molecule has 0 amide bonds. The fraction of sp³-hybridized carbons (Fsp3) is 0.294. The summed E-state index contributed by atoms with van der Waals surface area (Å²) in [6.45, 7) is 6.15. The van der Waals surface area contributed by atoms with Gasteiger partial charge in [0.2, 0.25) is 0 Å². The number of para-hydroxylation sites is 1. The van der Waals surface area contributed by atoms with Crippen molar-refractivity contribution in [3.05, 3.63) is 59.7 Å². The molecule has 0 radical (unpaired) electrons. The maximum atomic E-state index is 5.88. The second-order valence-corrected chi connectivity index (χ2v) is 5.25. The predicted molar refractivity (Wildman–Crippen MR) is 79.6 cm³/mol. The van der Waals surface area contributed by atoms with Gasteiger partial charge < -0.3 is 8.83 Å². The van der Waals surface area contributed by atoms with E-state index in [1.807, 2.05) is 37.3 Å². The fourth-order valence-corrected chi connectivity index (χ4v) is 2.44. The number of aryl methyl sites for hydroxylation is 1. The first-order valence-electron chi connectivity index (χ1n) is 6.94. The number of fused-ring (bicyclic) bond motifs is 1. The molecule has 0 aliphatic rings. The molecule has 0 aliphatic heterocycles. The maximum absolute atomic E-state index is 5.88. The highest BCUT2D eigenvalue weighted by Crippen LogP contribution is 2.26. The van der Waals surface area contributed by atoms with Gasteiger partial charge in [-0.1, -0.05) is 18.2 Å². The molecule has 0 saturated carbocycles. The van der Waals surface area contributed by atoms with Crippen molar-refractivity contribution in [3.8, 4) is 0 Å². The number of benzene rings is 1. The Labute approximate surface area is 118 Å². The summed E-state index contributed by atoms with van der Waals surface area (Å²) in [5.41, 5.74) is 0.928. The molecule has 0 spiro atoms. The predicted octanol–water partition coefficient (Wildman–Crippen LogP) is 4.75. The van der Waals surface area contributed by atoms with Crippen LogP contribution < -0.4 is 5.32 Å². The monoisotopic (exact) mass is 269 g/mol. The quantitative estimate of drug-likeness (QED) is 0.743. The van der Waals surface area contributed by atoms with Crippen LogP contribution in [0.5, 0.6) is 0 Å². The second-order valence-electron chi connectivity index (χ2n) is 5.25. The first-order valence-corrected chi connectivity index (χ1v) is 6.94. The summed E-state index contributed by atoms with van der Waals surface area (Å²) < 4.78 is 11.5. The van der Waals surface area contributed by atoms with Crippen molar-refractivity contribution >= 4 is 11.0 Å². The third-order valence-electron chi connectivity index (χ3n) is 3.56. The van der Waals surface area contributed by atoms with E-state index in [0.29, 0.717) is 0 Å². The summed E-state index contributed by atoms with van der Waals surface area (Å²) >= 11 is 0. The summed E-state index contributed by atoms with van der Waals surface area (Å²) in [5, 5.41) is 4.64. The van der Waals surface area contributed by atoms with Crippen LogP contribution in [0.1, 0.15) is 43.2 Å². The van der Waals surface area contributed by atoms with Crippen molar-refractivity contribution in [3.63, 3.8) is 0 Å². The summed E-state index contributed by atoms with van der Waals surface area (Å²) in [5.74, 6) is 2.83. The average Bonchev–Trinajstić information content (AvgIpc) is 3.04. The van der Waals surface area contributed by atoms with Gasteiger partial charge in [0, 0.05) is 5.39 Å². The summed E-state index contributed by atoms with van der Waals surface area (Å²) in [6, 6.07) is 14.4. The Bertz CT molecular complexity index is 677. The largest absolute Gasteiger partial charge is 0.465 e. The second kappa shape index (κ2) is 5.17. The molecule has 0 saturated heterocycles. The Morgan fingerprint density at radius 2 is 1.65 bits per heavy atom. The number of hydrogen-bond donors (Lipinski definition) is 1. The number of nitrogens with one attached hydrogen (secondary N) is 1. The van der Waals surface area contributed by atoms with Crippen LogP contribution in [-0.4, -0.2) is 0 Å². The van der Waals surface area contributed by atoms with Crippen molar-refractivity contribution in [2.24, 2.45) is 0 Å². The van der Waals surface area contributed by atoms with E-state index in [0.717, 1.165) is 28.2 Å². The van der Waals surface area contributed by atoms with Gasteiger partial charge in [-0.05, 0) is 45.0 Å². The molecular formula is C17H19NO2. The minimum atomic E-state index is 0.128. The molecule has 2 unspecified atom stereocenters. The molecule has 0 aliphatic carbocycles. The molecule has 1 aromatic carbocycles. The zero-order chi connectivity index (χ0) is 14.1. The van der Waals surface area contributed by atoms with E-state index in [4.69, 9.17) is 8.83 Å². The lowest BCUT2D eigenvalue weighted by atomic mass is 10.1. The van der Waals surface area contributed by atoms with Crippen LogP contribution in [-0.2, 0) is 0 Å². The lowest BCUT2D eigenvalue weighted by molar-refractivity contribution is 0.367.